The summed E-state index contributed by atoms with van der Waals surface area (Å²) < 4.78 is 16.4. The van der Waals surface area contributed by atoms with Gasteiger partial charge in [0.2, 0.25) is 0 Å². The number of nitrogens with zero attached hydrogens (tertiary/aromatic N) is 2. The van der Waals surface area contributed by atoms with Crippen molar-refractivity contribution in [2.24, 2.45) is 0 Å². The Kier molecular flexibility index (Phi) is 4.70. The van der Waals surface area contributed by atoms with Crippen molar-refractivity contribution in [3.8, 4) is 33.9 Å². The molecule has 0 aliphatic heterocycles. The summed E-state index contributed by atoms with van der Waals surface area (Å²) in [6, 6.07) is 25.1. The summed E-state index contributed by atoms with van der Waals surface area (Å²) in [5.74, 6) is 1.72. The molecule has 0 saturated carbocycles. The van der Waals surface area contributed by atoms with Crippen LogP contribution in [0.1, 0.15) is 0 Å². The molecule has 0 unspecified atom stereocenters. The molecule has 0 atom stereocenters. The number of methoxy groups -OCH3 is 2. The van der Waals surface area contributed by atoms with Crippen LogP contribution in [0.25, 0.3) is 54.0 Å². The van der Waals surface area contributed by atoms with Crippen molar-refractivity contribution >= 4 is 43.2 Å². The first-order chi connectivity index (χ1) is 16.2. The predicted octanol–water partition coefficient (Wildman–Crippen LogP) is 7.35. The summed E-state index contributed by atoms with van der Waals surface area (Å²) in [7, 11) is 3.38. The van der Waals surface area contributed by atoms with Crippen LogP contribution in [0.15, 0.2) is 85.2 Å². The molecule has 4 aromatic carbocycles. The standard InChI is InChI=1S/C28H20N2O2S/c1-31-23-9-7-17-11-21(5-3-19(17)13-23)25-15-29-27(26-16-30-33-28(25)26)22-6-4-20-14-24(32-2)10-8-18(20)12-22/h3-16H,1-2H3. The first-order valence-electron chi connectivity index (χ1n) is 10.6. The molecule has 2 aromatic heterocycles. The number of rotatable bonds is 4. The van der Waals surface area contributed by atoms with Gasteiger partial charge in [-0.3, -0.25) is 4.98 Å². The molecule has 160 valence electrons. The van der Waals surface area contributed by atoms with E-state index in [1.165, 1.54) is 16.9 Å². The van der Waals surface area contributed by atoms with Crippen LogP contribution in [0.4, 0.5) is 0 Å². The second-order valence-electron chi connectivity index (χ2n) is 7.94. The molecule has 6 rings (SSSR count). The van der Waals surface area contributed by atoms with Gasteiger partial charge in [-0.2, -0.15) is 4.37 Å². The van der Waals surface area contributed by atoms with Gasteiger partial charge in [-0.1, -0.05) is 36.4 Å². The van der Waals surface area contributed by atoms with Gasteiger partial charge in [0.25, 0.3) is 0 Å². The quantitative estimate of drug-likeness (QED) is 0.283. The molecule has 5 heteroatoms. The maximum atomic E-state index is 5.36. The zero-order valence-electron chi connectivity index (χ0n) is 18.2. The number of fused-ring (bicyclic) bond motifs is 3. The summed E-state index contributed by atoms with van der Waals surface area (Å²) in [4.78, 5) is 4.90. The average molecular weight is 449 g/mol. The third-order valence-corrected chi connectivity index (χ3v) is 6.91. The van der Waals surface area contributed by atoms with Crippen molar-refractivity contribution in [2.75, 3.05) is 14.2 Å². The highest BCUT2D eigenvalue weighted by atomic mass is 32.1. The minimum absolute atomic E-state index is 0.857. The Balaban J connectivity index is 1.47. The molecule has 0 N–H and O–H groups in total. The molecule has 0 spiro atoms. The molecule has 0 aliphatic carbocycles. The van der Waals surface area contributed by atoms with E-state index in [9.17, 15) is 0 Å². The maximum absolute atomic E-state index is 5.36. The first kappa shape index (κ1) is 19.7. The minimum Gasteiger partial charge on any atom is -0.497 e. The van der Waals surface area contributed by atoms with Crippen molar-refractivity contribution in [3.63, 3.8) is 0 Å². The second kappa shape index (κ2) is 7.87. The molecule has 33 heavy (non-hydrogen) atoms. The Labute approximate surface area is 195 Å². The maximum Gasteiger partial charge on any atom is 0.119 e. The van der Waals surface area contributed by atoms with Gasteiger partial charge < -0.3 is 9.47 Å². The molecule has 2 heterocycles. The van der Waals surface area contributed by atoms with E-state index in [0.717, 1.165) is 60.1 Å². The van der Waals surface area contributed by atoms with Crippen LogP contribution in [0.3, 0.4) is 0 Å². The van der Waals surface area contributed by atoms with Gasteiger partial charge in [-0.15, -0.1) is 0 Å². The fourth-order valence-corrected chi connectivity index (χ4v) is 5.09. The van der Waals surface area contributed by atoms with Crippen LogP contribution >= 0.6 is 11.5 Å². The average Bonchev–Trinajstić information content (AvgIpc) is 3.37. The number of hydrogen-bond acceptors (Lipinski definition) is 5. The summed E-state index contributed by atoms with van der Waals surface area (Å²) in [5, 5.41) is 5.68. The van der Waals surface area contributed by atoms with Gasteiger partial charge >= 0.3 is 0 Å². The van der Waals surface area contributed by atoms with Crippen LogP contribution in [-0.2, 0) is 0 Å². The summed E-state index contributed by atoms with van der Waals surface area (Å²) in [6.45, 7) is 0. The SMILES string of the molecule is COc1ccc2cc(-c3ncc(-c4ccc5cc(OC)ccc5c4)c4sncc34)ccc2c1. The van der Waals surface area contributed by atoms with E-state index < -0.39 is 0 Å². The molecular weight excluding hydrogens is 428 g/mol. The second-order valence-corrected chi connectivity index (χ2v) is 8.75. The fourth-order valence-electron chi connectivity index (χ4n) is 4.31. The molecular formula is C28H20N2O2S. The van der Waals surface area contributed by atoms with E-state index in [0.29, 0.717) is 0 Å². The molecule has 0 amide bonds. The van der Waals surface area contributed by atoms with Crippen molar-refractivity contribution < 1.29 is 9.47 Å². The van der Waals surface area contributed by atoms with Gasteiger partial charge in [0.1, 0.15) is 11.5 Å². The third-order valence-electron chi connectivity index (χ3n) is 6.07. The number of hydrogen-bond donors (Lipinski definition) is 0. The van der Waals surface area contributed by atoms with Gasteiger partial charge in [0.05, 0.1) is 30.8 Å². The highest BCUT2D eigenvalue weighted by Crippen LogP contribution is 2.38. The predicted molar refractivity (Wildman–Crippen MR) is 136 cm³/mol. The topological polar surface area (TPSA) is 44.2 Å². The van der Waals surface area contributed by atoms with E-state index in [-0.39, 0.29) is 0 Å². The molecule has 0 radical (unpaired) electrons. The lowest BCUT2D eigenvalue weighted by Crippen LogP contribution is -1.89. The Bertz CT molecular complexity index is 1530. The summed E-state index contributed by atoms with van der Waals surface area (Å²) >= 11 is 1.51. The molecule has 6 aromatic rings. The number of pyridine rings is 1. The van der Waals surface area contributed by atoms with Crippen molar-refractivity contribution in [1.82, 2.24) is 9.36 Å². The molecule has 0 fully saturated rings. The zero-order chi connectivity index (χ0) is 22.4. The molecule has 0 saturated heterocycles. The lowest BCUT2D eigenvalue weighted by molar-refractivity contribution is 0.415. The van der Waals surface area contributed by atoms with Crippen molar-refractivity contribution in [2.45, 2.75) is 0 Å². The van der Waals surface area contributed by atoms with Crippen molar-refractivity contribution in [3.05, 3.63) is 85.2 Å². The number of aromatic nitrogens is 2. The number of ether oxygens (including phenoxy) is 2. The minimum atomic E-state index is 0.857. The normalized spacial score (nSPS) is 11.3. The zero-order valence-corrected chi connectivity index (χ0v) is 19.0. The highest BCUT2D eigenvalue weighted by molar-refractivity contribution is 7.14. The van der Waals surface area contributed by atoms with Gasteiger partial charge in [0.15, 0.2) is 0 Å². The van der Waals surface area contributed by atoms with Gasteiger partial charge in [0, 0.05) is 22.7 Å². The lowest BCUT2D eigenvalue weighted by Gasteiger charge is -2.10. The summed E-state index contributed by atoms with van der Waals surface area (Å²) in [6.07, 6.45) is 3.90. The summed E-state index contributed by atoms with van der Waals surface area (Å²) in [5.41, 5.74) is 4.26. The van der Waals surface area contributed by atoms with Crippen LogP contribution < -0.4 is 9.47 Å². The molecule has 4 nitrogen and oxygen atoms in total. The van der Waals surface area contributed by atoms with E-state index in [1.54, 1.807) is 14.2 Å². The smallest absolute Gasteiger partial charge is 0.119 e. The van der Waals surface area contributed by atoms with E-state index in [2.05, 4.69) is 59.0 Å². The fraction of sp³-hybridized carbons (Fsp3) is 0.0714. The van der Waals surface area contributed by atoms with Gasteiger partial charge in [-0.05, 0) is 75.0 Å². The highest BCUT2D eigenvalue weighted by Gasteiger charge is 2.14. The Morgan fingerprint density at radius 2 is 1.21 bits per heavy atom. The first-order valence-corrected chi connectivity index (χ1v) is 11.4. The molecule has 0 bridgehead atoms. The third kappa shape index (κ3) is 3.38. The Morgan fingerprint density at radius 3 is 1.88 bits per heavy atom. The van der Waals surface area contributed by atoms with Crippen LogP contribution in [-0.4, -0.2) is 23.6 Å². The van der Waals surface area contributed by atoms with E-state index in [1.807, 2.05) is 30.6 Å². The number of benzene rings is 4. The largest absolute Gasteiger partial charge is 0.497 e. The molecule has 0 aliphatic rings. The monoisotopic (exact) mass is 448 g/mol. The van der Waals surface area contributed by atoms with E-state index >= 15 is 0 Å². The van der Waals surface area contributed by atoms with Crippen LogP contribution in [0, 0.1) is 0 Å². The van der Waals surface area contributed by atoms with E-state index in [4.69, 9.17) is 14.5 Å². The van der Waals surface area contributed by atoms with Crippen LogP contribution in [0.2, 0.25) is 0 Å². The van der Waals surface area contributed by atoms with Crippen molar-refractivity contribution in [1.29, 1.82) is 0 Å². The van der Waals surface area contributed by atoms with Gasteiger partial charge in [-0.25, -0.2) is 0 Å². The lowest BCUT2D eigenvalue weighted by atomic mass is 9.99. The van der Waals surface area contributed by atoms with Crippen LogP contribution in [0.5, 0.6) is 11.5 Å². The Hall–Kier alpha value is -3.96. The Morgan fingerprint density at radius 1 is 0.636 bits per heavy atom.